The number of benzene rings is 1. The fourth-order valence-electron chi connectivity index (χ4n) is 1.96. The van der Waals surface area contributed by atoms with Gasteiger partial charge in [0.15, 0.2) is 0 Å². The molecule has 0 aromatic heterocycles. The summed E-state index contributed by atoms with van der Waals surface area (Å²) in [7, 11) is 0. The van der Waals surface area contributed by atoms with Gasteiger partial charge in [-0.05, 0) is 48.9 Å². The van der Waals surface area contributed by atoms with Gasteiger partial charge in [0, 0.05) is 5.56 Å². The third-order valence-electron chi connectivity index (χ3n) is 2.99. The van der Waals surface area contributed by atoms with Crippen molar-refractivity contribution >= 4 is 5.91 Å². The lowest BCUT2D eigenvalue weighted by atomic mass is 9.89. The van der Waals surface area contributed by atoms with Crippen LogP contribution in [0.1, 0.15) is 54.1 Å². The topological polar surface area (TPSA) is 43.1 Å². The molecule has 15 heavy (non-hydrogen) atoms. The summed E-state index contributed by atoms with van der Waals surface area (Å²) in [6, 6.07) is 5.71. The average molecular weight is 205 g/mol. The highest BCUT2D eigenvalue weighted by atomic mass is 16.1. The molecule has 0 spiro atoms. The number of rotatable bonds is 4. The van der Waals surface area contributed by atoms with E-state index in [2.05, 4.69) is 20.8 Å². The minimum atomic E-state index is -0.345. The zero-order valence-electron chi connectivity index (χ0n) is 9.71. The maximum atomic E-state index is 11.1. The van der Waals surface area contributed by atoms with E-state index in [1.807, 2.05) is 12.1 Å². The number of carbonyl (C=O) groups is 1. The van der Waals surface area contributed by atoms with Crippen molar-refractivity contribution in [1.82, 2.24) is 0 Å². The number of amides is 1. The van der Waals surface area contributed by atoms with Crippen LogP contribution in [0.15, 0.2) is 18.2 Å². The van der Waals surface area contributed by atoms with Crippen LogP contribution in [-0.4, -0.2) is 5.91 Å². The van der Waals surface area contributed by atoms with E-state index in [9.17, 15) is 4.79 Å². The Morgan fingerprint density at radius 1 is 1.33 bits per heavy atom. The molecule has 0 aliphatic carbocycles. The van der Waals surface area contributed by atoms with E-state index in [-0.39, 0.29) is 5.91 Å². The van der Waals surface area contributed by atoms with Gasteiger partial charge in [-0.3, -0.25) is 4.79 Å². The second-order valence-electron chi connectivity index (χ2n) is 3.95. The predicted octanol–water partition coefficient (Wildman–Crippen LogP) is 3.00. The highest BCUT2D eigenvalue weighted by Gasteiger charge is 2.11. The minimum absolute atomic E-state index is 0.345. The number of carbonyl (C=O) groups excluding carboxylic acids is 1. The molecule has 1 rings (SSSR count). The van der Waals surface area contributed by atoms with Crippen molar-refractivity contribution in [2.75, 3.05) is 0 Å². The van der Waals surface area contributed by atoms with Gasteiger partial charge >= 0.3 is 0 Å². The Hall–Kier alpha value is -1.31. The van der Waals surface area contributed by atoms with Crippen molar-refractivity contribution in [2.45, 2.75) is 39.5 Å². The minimum Gasteiger partial charge on any atom is -0.366 e. The first-order valence-corrected chi connectivity index (χ1v) is 5.50. The van der Waals surface area contributed by atoms with Crippen molar-refractivity contribution in [3.05, 3.63) is 34.9 Å². The van der Waals surface area contributed by atoms with Crippen molar-refractivity contribution in [1.29, 1.82) is 0 Å². The Labute approximate surface area is 91.5 Å². The zero-order valence-corrected chi connectivity index (χ0v) is 9.71. The molecule has 0 saturated heterocycles. The van der Waals surface area contributed by atoms with Gasteiger partial charge in [0.05, 0.1) is 0 Å². The van der Waals surface area contributed by atoms with E-state index >= 15 is 0 Å². The molecular formula is C13H19NO. The summed E-state index contributed by atoms with van der Waals surface area (Å²) >= 11 is 0. The molecule has 0 radical (unpaired) electrons. The Kier molecular flexibility index (Phi) is 3.89. The lowest BCUT2D eigenvalue weighted by Gasteiger charge is -2.16. The third kappa shape index (κ3) is 2.58. The Morgan fingerprint density at radius 2 is 1.93 bits per heavy atom. The highest BCUT2D eigenvalue weighted by molar-refractivity contribution is 5.93. The number of hydrogen-bond donors (Lipinski definition) is 1. The molecule has 0 atom stereocenters. The van der Waals surface area contributed by atoms with E-state index in [1.165, 1.54) is 11.1 Å². The maximum absolute atomic E-state index is 11.1. The Morgan fingerprint density at radius 3 is 2.40 bits per heavy atom. The summed E-state index contributed by atoms with van der Waals surface area (Å²) in [5, 5.41) is 0. The number of aryl methyl sites for hydroxylation is 1. The van der Waals surface area contributed by atoms with E-state index in [1.54, 1.807) is 6.07 Å². The molecule has 82 valence electrons. The van der Waals surface area contributed by atoms with Crippen molar-refractivity contribution in [3.8, 4) is 0 Å². The fraction of sp³-hybridized carbons (Fsp3) is 0.462. The zero-order chi connectivity index (χ0) is 11.4. The van der Waals surface area contributed by atoms with Gasteiger partial charge in [-0.25, -0.2) is 0 Å². The van der Waals surface area contributed by atoms with Crippen LogP contribution in [-0.2, 0) is 0 Å². The van der Waals surface area contributed by atoms with Crippen LogP contribution >= 0.6 is 0 Å². The molecule has 1 amide bonds. The first kappa shape index (κ1) is 11.8. The normalized spacial score (nSPS) is 10.7. The van der Waals surface area contributed by atoms with E-state index in [0.717, 1.165) is 12.8 Å². The fourth-order valence-corrected chi connectivity index (χ4v) is 1.96. The predicted molar refractivity (Wildman–Crippen MR) is 63.0 cm³/mol. The van der Waals surface area contributed by atoms with Gasteiger partial charge in [0.2, 0.25) is 5.91 Å². The molecule has 1 aromatic rings. The number of hydrogen-bond acceptors (Lipinski definition) is 1. The summed E-state index contributed by atoms with van der Waals surface area (Å²) in [6.45, 7) is 6.42. The van der Waals surface area contributed by atoms with Gasteiger partial charge < -0.3 is 5.73 Å². The standard InChI is InChI=1S/C13H19NO/c1-4-10(5-2)12-8-11(13(14)15)7-6-9(12)3/h6-8,10H,4-5H2,1-3H3,(H2,14,15). The molecule has 2 nitrogen and oxygen atoms in total. The van der Waals surface area contributed by atoms with Gasteiger partial charge in [-0.2, -0.15) is 0 Å². The summed E-state index contributed by atoms with van der Waals surface area (Å²) in [6.07, 6.45) is 2.19. The van der Waals surface area contributed by atoms with Crippen molar-refractivity contribution < 1.29 is 4.79 Å². The van der Waals surface area contributed by atoms with E-state index in [4.69, 9.17) is 5.73 Å². The lowest BCUT2D eigenvalue weighted by Crippen LogP contribution is -2.12. The van der Waals surface area contributed by atoms with Crippen LogP contribution in [0.3, 0.4) is 0 Å². The van der Waals surface area contributed by atoms with Crippen molar-refractivity contribution in [3.63, 3.8) is 0 Å². The smallest absolute Gasteiger partial charge is 0.248 e. The third-order valence-corrected chi connectivity index (χ3v) is 2.99. The molecule has 0 heterocycles. The lowest BCUT2D eigenvalue weighted by molar-refractivity contribution is 0.1000. The molecule has 0 aliphatic rings. The number of nitrogens with two attached hydrogens (primary N) is 1. The molecule has 0 aliphatic heterocycles. The first-order chi connectivity index (χ1) is 7.10. The molecular weight excluding hydrogens is 186 g/mol. The quantitative estimate of drug-likeness (QED) is 0.806. The van der Waals surface area contributed by atoms with Gasteiger partial charge in [0.1, 0.15) is 0 Å². The molecule has 0 saturated carbocycles. The maximum Gasteiger partial charge on any atom is 0.248 e. The monoisotopic (exact) mass is 205 g/mol. The molecule has 1 aromatic carbocycles. The van der Waals surface area contributed by atoms with Crippen LogP contribution in [0.4, 0.5) is 0 Å². The summed E-state index contributed by atoms with van der Waals surface area (Å²) < 4.78 is 0. The summed E-state index contributed by atoms with van der Waals surface area (Å²) in [5.74, 6) is 0.187. The second-order valence-corrected chi connectivity index (χ2v) is 3.95. The SMILES string of the molecule is CCC(CC)c1cc(C(N)=O)ccc1C. The van der Waals surface area contributed by atoms with E-state index < -0.39 is 0 Å². The van der Waals surface area contributed by atoms with Crippen LogP contribution in [0.2, 0.25) is 0 Å². The number of primary amides is 1. The van der Waals surface area contributed by atoms with Crippen LogP contribution in [0, 0.1) is 6.92 Å². The second kappa shape index (κ2) is 4.96. The first-order valence-electron chi connectivity index (χ1n) is 5.50. The Balaban J connectivity index is 3.15. The molecule has 2 heteroatoms. The average Bonchev–Trinajstić information content (AvgIpc) is 2.22. The molecule has 0 bridgehead atoms. The summed E-state index contributed by atoms with van der Waals surface area (Å²) in [4.78, 5) is 11.1. The van der Waals surface area contributed by atoms with Gasteiger partial charge in [-0.15, -0.1) is 0 Å². The summed E-state index contributed by atoms with van der Waals surface area (Å²) in [5.41, 5.74) is 8.39. The van der Waals surface area contributed by atoms with E-state index in [0.29, 0.717) is 11.5 Å². The van der Waals surface area contributed by atoms with Gasteiger partial charge in [-0.1, -0.05) is 19.9 Å². The van der Waals surface area contributed by atoms with Crippen LogP contribution < -0.4 is 5.73 Å². The largest absolute Gasteiger partial charge is 0.366 e. The Bertz CT molecular complexity index is 354. The van der Waals surface area contributed by atoms with Gasteiger partial charge in [0.25, 0.3) is 0 Å². The highest BCUT2D eigenvalue weighted by Crippen LogP contribution is 2.26. The molecule has 0 unspecified atom stereocenters. The van der Waals surface area contributed by atoms with Crippen LogP contribution in [0.5, 0.6) is 0 Å². The molecule has 0 fully saturated rings. The molecule has 2 N–H and O–H groups in total. The van der Waals surface area contributed by atoms with Crippen molar-refractivity contribution in [2.24, 2.45) is 5.73 Å². The van der Waals surface area contributed by atoms with Crippen LogP contribution in [0.25, 0.3) is 0 Å².